The quantitative estimate of drug-likeness (QED) is 0.490. The van der Waals surface area contributed by atoms with Gasteiger partial charge < -0.3 is 10.1 Å². The molecule has 2 aromatic rings. The number of nitrogens with zero attached hydrogens (tertiary/aromatic N) is 1. The second kappa shape index (κ2) is 11.2. The number of ether oxygens (including phenoxy) is 1. The van der Waals surface area contributed by atoms with Crippen molar-refractivity contribution in [2.45, 2.75) is 45.0 Å². The molecule has 4 nitrogen and oxygen atoms in total. The Morgan fingerprint density at radius 2 is 1.67 bits per heavy atom. The highest BCUT2D eigenvalue weighted by atomic mass is 35.5. The van der Waals surface area contributed by atoms with E-state index in [-0.39, 0.29) is 17.7 Å². The summed E-state index contributed by atoms with van der Waals surface area (Å²) in [5, 5.41) is 3.01. The first-order valence-electron chi connectivity index (χ1n) is 9.83. The van der Waals surface area contributed by atoms with Crippen LogP contribution in [0, 0.1) is 0 Å². The lowest BCUT2D eigenvalue weighted by Crippen LogP contribution is -2.42. The molecular formula is C22H26ClF3N2O2. The molecule has 8 heteroatoms. The van der Waals surface area contributed by atoms with Gasteiger partial charge in [0.05, 0.1) is 6.04 Å². The second-order valence-electron chi connectivity index (χ2n) is 6.93. The Morgan fingerprint density at radius 1 is 1.10 bits per heavy atom. The summed E-state index contributed by atoms with van der Waals surface area (Å²) in [7, 11) is 1.75. The predicted molar refractivity (Wildman–Crippen MR) is 112 cm³/mol. The first kappa shape index (κ1) is 24.0. The maximum absolute atomic E-state index is 12.4. The van der Waals surface area contributed by atoms with Crippen LogP contribution in [-0.4, -0.2) is 36.3 Å². The molecule has 164 valence electrons. The van der Waals surface area contributed by atoms with E-state index in [1.54, 1.807) is 19.2 Å². The number of amides is 1. The summed E-state index contributed by atoms with van der Waals surface area (Å²) in [6.07, 6.45) is -1.40. The normalized spacial score (nSPS) is 12.5. The van der Waals surface area contributed by atoms with Crippen LogP contribution in [0.5, 0.6) is 5.75 Å². The molecule has 1 N–H and O–H groups in total. The molecule has 0 spiro atoms. The van der Waals surface area contributed by atoms with Gasteiger partial charge in [0, 0.05) is 18.3 Å². The van der Waals surface area contributed by atoms with Crippen LogP contribution < -0.4 is 10.1 Å². The Morgan fingerprint density at radius 3 is 2.17 bits per heavy atom. The number of likely N-dealkylation sites (N-methyl/N-ethyl adjacent to an activating group) is 1. The highest BCUT2D eigenvalue weighted by Gasteiger charge is 2.31. The van der Waals surface area contributed by atoms with Crippen molar-refractivity contribution in [3.63, 3.8) is 0 Å². The monoisotopic (exact) mass is 442 g/mol. The zero-order valence-corrected chi connectivity index (χ0v) is 17.8. The average molecular weight is 443 g/mol. The number of hydrogen-bond acceptors (Lipinski definition) is 3. The molecule has 2 rings (SSSR count). The minimum Gasteiger partial charge on any atom is -0.406 e. The lowest BCUT2D eigenvalue weighted by Gasteiger charge is -2.21. The first-order chi connectivity index (χ1) is 14.2. The van der Waals surface area contributed by atoms with Crippen LogP contribution >= 0.6 is 11.8 Å². The average Bonchev–Trinajstić information content (AvgIpc) is 2.72. The van der Waals surface area contributed by atoms with E-state index < -0.39 is 6.36 Å². The third kappa shape index (κ3) is 7.54. The van der Waals surface area contributed by atoms with Crippen LogP contribution in [0.2, 0.25) is 0 Å². The Kier molecular flexibility index (Phi) is 8.99. The van der Waals surface area contributed by atoms with Crippen molar-refractivity contribution in [2.75, 3.05) is 13.6 Å². The molecule has 0 aliphatic rings. The van der Waals surface area contributed by atoms with Crippen LogP contribution in [0.4, 0.5) is 13.2 Å². The van der Waals surface area contributed by atoms with Crippen molar-refractivity contribution in [3.8, 4) is 16.9 Å². The number of alkyl halides is 3. The van der Waals surface area contributed by atoms with E-state index in [1.807, 2.05) is 24.3 Å². The highest BCUT2D eigenvalue weighted by molar-refractivity contribution is 6.21. The summed E-state index contributed by atoms with van der Waals surface area (Å²) in [5.41, 5.74) is 2.65. The zero-order chi connectivity index (χ0) is 22.1. The van der Waals surface area contributed by atoms with Gasteiger partial charge in [-0.1, -0.05) is 56.2 Å². The maximum atomic E-state index is 12.4. The molecule has 0 saturated heterocycles. The molecule has 30 heavy (non-hydrogen) atoms. The molecule has 1 amide bonds. The number of unbranched alkanes of at least 4 members (excludes halogenated alkanes) is 1. The van der Waals surface area contributed by atoms with E-state index in [0.717, 1.165) is 36.0 Å². The summed E-state index contributed by atoms with van der Waals surface area (Å²) < 4.78 is 41.9. The highest BCUT2D eigenvalue weighted by Crippen LogP contribution is 2.26. The van der Waals surface area contributed by atoms with Gasteiger partial charge in [0.25, 0.3) is 5.91 Å². The molecule has 0 aliphatic heterocycles. The largest absolute Gasteiger partial charge is 0.573 e. The zero-order valence-electron chi connectivity index (χ0n) is 17.0. The molecule has 2 aromatic carbocycles. The van der Waals surface area contributed by atoms with Crippen molar-refractivity contribution in [1.82, 2.24) is 9.74 Å². The Labute approximate surface area is 180 Å². The third-order valence-corrected chi connectivity index (χ3v) is 5.04. The van der Waals surface area contributed by atoms with Gasteiger partial charge in [-0.25, -0.2) is 0 Å². The molecule has 0 aromatic heterocycles. The lowest BCUT2D eigenvalue weighted by atomic mass is 10.0. The molecule has 0 aliphatic carbocycles. The SMILES string of the molecule is CCCC[C@H](NC)C(=O)N(Cl)CCc1ccc(-c2ccc(OC(F)(F)F)cc2)cc1. The topological polar surface area (TPSA) is 41.6 Å². The Balaban J connectivity index is 1.92. The van der Waals surface area contributed by atoms with Gasteiger partial charge in [0.15, 0.2) is 0 Å². The van der Waals surface area contributed by atoms with Gasteiger partial charge in [-0.05, 0) is 48.7 Å². The van der Waals surface area contributed by atoms with Gasteiger partial charge in [0.1, 0.15) is 5.75 Å². The van der Waals surface area contributed by atoms with Crippen LogP contribution in [0.15, 0.2) is 48.5 Å². The first-order valence-corrected chi connectivity index (χ1v) is 10.2. The molecule has 0 heterocycles. The van der Waals surface area contributed by atoms with Crippen molar-refractivity contribution < 1.29 is 22.7 Å². The predicted octanol–water partition coefficient (Wildman–Crippen LogP) is 5.56. The molecular weight excluding hydrogens is 417 g/mol. The lowest BCUT2D eigenvalue weighted by molar-refractivity contribution is -0.274. The number of rotatable bonds is 10. The molecule has 1 atom stereocenters. The van der Waals surface area contributed by atoms with Crippen molar-refractivity contribution in [3.05, 3.63) is 54.1 Å². The minimum atomic E-state index is -4.70. The fourth-order valence-electron chi connectivity index (χ4n) is 3.02. The van der Waals surface area contributed by atoms with E-state index in [4.69, 9.17) is 11.8 Å². The van der Waals surface area contributed by atoms with E-state index in [0.29, 0.717) is 13.0 Å². The fourth-order valence-corrected chi connectivity index (χ4v) is 3.22. The van der Waals surface area contributed by atoms with Crippen LogP contribution in [0.1, 0.15) is 31.7 Å². The van der Waals surface area contributed by atoms with Gasteiger partial charge in [-0.2, -0.15) is 0 Å². The number of halogens is 4. The Hall–Kier alpha value is -2.25. The fraction of sp³-hybridized carbons (Fsp3) is 0.409. The van der Waals surface area contributed by atoms with Crippen molar-refractivity contribution in [1.29, 1.82) is 0 Å². The van der Waals surface area contributed by atoms with Crippen LogP contribution in [-0.2, 0) is 11.2 Å². The molecule has 0 unspecified atom stereocenters. The number of nitrogens with one attached hydrogen (secondary N) is 1. The third-order valence-electron chi connectivity index (χ3n) is 4.70. The summed E-state index contributed by atoms with van der Waals surface area (Å²) in [4.78, 5) is 12.4. The number of hydrogen-bond donors (Lipinski definition) is 1. The van der Waals surface area contributed by atoms with E-state index >= 15 is 0 Å². The van der Waals surface area contributed by atoms with Crippen LogP contribution in [0.25, 0.3) is 11.1 Å². The smallest absolute Gasteiger partial charge is 0.406 e. The van der Waals surface area contributed by atoms with E-state index in [2.05, 4.69) is 17.0 Å². The van der Waals surface area contributed by atoms with E-state index in [9.17, 15) is 18.0 Å². The molecule has 0 radical (unpaired) electrons. The van der Waals surface area contributed by atoms with Crippen LogP contribution in [0.3, 0.4) is 0 Å². The number of carbonyl (C=O) groups is 1. The molecule has 0 bridgehead atoms. The van der Waals surface area contributed by atoms with E-state index in [1.165, 1.54) is 16.6 Å². The van der Waals surface area contributed by atoms with Crippen molar-refractivity contribution >= 4 is 17.7 Å². The van der Waals surface area contributed by atoms with Gasteiger partial charge in [-0.15, -0.1) is 13.2 Å². The number of benzene rings is 2. The summed E-state index contributed by atoms with van der Waals surface area (Å²) in [6, 6.07) is 13.0. The summed E-state index contributed by atoms with van der Waals surface area (Å²) >= 11 is 6.17. The Bertz CT molecular complexity index is 796. The van der Waals surface area contributed by atoms with Gasteiger partial charge in [-0.3, -0.25) is 9.21 Å². The maximum Gasteiger partial charge on any atom is 0.573 e. The van der Waals surface area contributed by atoms with Gasteiger partial charge in [0.2, 0.25) is 0 Å². The molecule has 0 fully saturated rings. The van der Waals surface area contributed by atoms with Gasteiger partial charge >= 0.3 is 6.36 Å². The minimum absolute atomic E-state index is 0.134. The second-order valence-corrected chi connectivity index (χ2v) is 7.33. The summed E-state index contributed by atoms with van der Waals surface area (Å²) in [5.74, 6) is -0.390. The summed E-state index contributed by atoms with van der Waals surface area (Å²) in [6.45, 7) is 2.46. The van der Waals surface area contributed by atoms with Crippen molar-refractivity contribution in [2.24, 2.45) is 0 Å². The number of carbonyl (C=O) groups excluding carboxylic acids is 1. The molecule has 0 saturated carbocycles. The standard InChI is InChI=1S/C22H26ClF3N2O2/c1-3-4-5-20(27-2)21(29)28(23)15-14-16-6-8-17(9-7-16)18-10-12-19(13-11-18)30-22(24,25)26/h6-13,20,27H,3-5,14-15H2,1-2H3/t20-/m0/s1.